The molecule has 0 bridgehead atoms. The maximum Gasteiger partial charge on any atom is 0.0741 e. The van der Waals surface area contributed by atoms with Crippen LogP contribution in [0.25, 0.3) is 0 Å². The molecule has 2 N–H and O–H groups in total. The van der Waals surface area contributed by atoms with E-state index >= 15 is 0 Å². The summed E-state index contributed by atoms with van der Waals surface area (Å²) in [7, 11) is 0. The number of hydrogen-bond donors (Lipinski definition) is 2. The minimum atomic E-state index is -0.606. The van der Waals surface area contributed by atoms with Crippen LogP contribution in [0, 0.1) is 0 Å². The molecule has 80 valence electrons. The molecule has 2 heteroatoms. The van der Waals surface area contributed by atoms with Gasteiger partial charge in [0.1, 0.15) is 0 Å². The molecule has 0 aromatic carbocycles. The average Bonchev–Trinajstić information content (AvgIpc) is 2.02. The Morgan fingerprint density at radius 1 is 1.23 bits per heavy atom. The Bertz CT molecular complexity index is 118. The molecule has 2 nitrogen and oxygen atoms in total. The van der Waals surface area contributed by atoms with Gasteiger partial charge in [0.05, 0.1) is 5.60 Å². The van der Waals surface area contributed by atoms with E-state index in [9.17, 15) is 5.11 Å². The third-order valence-corrected chi connectivity index (χ3v) is 2.54. The fourth-order valence-corrected chi connectivity index (χ4v) is 1.12. The Labute approximate surface area is 82.7 Å². The van der Waals surface area contributed by atoms with Crippen molar-refractivity contribution in [2.75, 3.05) is 6.54 Å². The third kappa shape index (κ3) is 7.03. The topological polar surface area (TPSA) is 32.3 Å². The summed E-state index contributed by atoms with van der Waals surface area (Å²) in [6.07, 6.45) is 5.11. The monoisotopic (exact) mass is 187 g/mol. The van der Waals surface area contributed by atoms with Gasteiger partial charge < -0.3 is 10.4 Å². The van der Waals surface area contributed by atoms with Gasteiger partial charge in [-0.2, -0.15) is 0 Å². The molecular weight excluding hydrogens is 162 g/mol. The lowest BCUT2D eigenvalue weighted by Gasteiger charge is -2.26. The van der Waals surface area contributed by atoms with Crippen molar-refractivity contribution in [3.8, 4) is 0 Å². The molecule has 0 saturated carbocycles. The zero-order valence-corrected chi connectivity index (χ0v) is 9.56. The maximum absolute atomic E-state index is 9.63. The van der Waals surface area contributed by atoms with Crippen molar-refractivity contribution in [2.24, 2.45) is 0 Å². The molecule has 0 fully saturated rings. The van der Waals surface area contributed by atoms with Gasteiger partial charge in [0, 0.05) is 6.04 Å². The van der Waals surface area contributed by atoms with Crippen LogP contribution in [0.1, 0.15) is 53.4 Å². The Hall–Kier alpha value is -0.0800. The van der Waals surface area contributed by atoms with Crippen LogP contribution in [0.3, 0.4) is 0 Å². The maximum atomic E-state index is 9.63. The molecule has 0 saturated heterocycles. The fraction of sp³-hybridized carbons (Fsp3) is 1.00. The summed E-state index contributed by atoms with van der Waals surface area (Å²) in [5.74, 6) is 0. The van der Waals surface area contributed by atoms with Gasteiger partial charge in [0.25, 0.3) is 0 Å². The van der Waals surface area contributed by atoms with E-state index in [1.165, 1.54) is 25.7 Å². The van der Waals surface area contributed by atoms with Gasteiger partial charge in [-0.3, -0.25) is 0 Å². The predicted molar refractivity (Wildman–Crippen MR) is 57.9 cm³/mol. The SMILES string of the molecule is CCCCCCNC(C)C(C)(C)O. The number of nitrogens with one attached hydrogen (secondary N) is 1. The van der Waals surface area contributed by atoms with Crippen LogP contribution in [0.15, 0.2) is 0 Å². The number of aliphatic hydroxyl groups is 1. The molecule has 0 rings (SSSR count). The van der Waals surface area contributed by atoms with Crippen molar-refractivity contribution >= 4 is 0 Å². The Morgan fingerprint density at radius 3 is 2.31 bits per heavy atom. The Balaban J connectivity index is 3.32. The smallest absolute Gasteiger partial charge is 0.0741 e. The zero-order chi connectivity index (χ0) is 10.3. The van der Waals surface area contributed by atoms with E-state index < -0.39 is 5.60 Å². The molecule has 0 aromatic rings. The highest BCUT2D eigenvalue weighted by Gasteiger charge is 2.20. The van der Waals surface area contributed by atoms with Crippen molar-refractivity contribution in [1.82, 2.24) is 5.32 Å². The summed E-state index contributed by atoms with van der Waals surface area (Å²) in [5.41, 5.74) is -0.606. The van der Waals surface area contributed by atoms with Gasteiger partial charge in [-0.25, -0.2) is 0 Å². The molecule has 0 aliphatic rings. The Morgan fingerprint density at radius 2 is 1.85 bits per heavy atom. The van der Waals surface area contributed by atoms with Crippen molar-refractivity contribution in [3.05, 3.63) is 0 Å². The molecule has 13 heavy (non-hydrogen) atoms. The van der Waals surface area contributed by atoms with E-state index in [-0.39, 0.29) is 6.04 Å². The van der Waals surface area contributed by atoms with Crippen molar-refractivity contribution in [2.45, 2.75) is 65.0 Å². The van der Waals surface area contributed by atoms with Crippen LogP contribution in [0.5, 0.6) is 0 Å². The highest BCUT2D eigenvalue weighted by molar-refractivity contribution is 4.79. The van der Waals surface area contributed by atoms with Crippen LogP contribution >= 0.6 is 0 Å². The number of hydrogen-bond acceptors (Lipinski definition) is 2. The molecule has 0 heterocycles. The molecule has 0 amide bonds. The van der Waals surface area contributed by atoms with Crippen LogP contribution in [0.4, 0.5) is 0 Å². The van der Waals surface area contributed by atoms with Crippen molar-refractivity contribution in [3.63, 3.8) is 0 Å². The van der Waals surface area contributed by atoms with Crippen LogP contribution in [0.2, 0.25) is 0 Å². The summed E-state index contributed by atoms with van der Waals surface area (Å²) in [6, 6.07) is 0.175. The second-order valence-electron chi connectivity index (χ2n) is 4.39. The first-order valence-corrected chi connectivity index (χ1v) is 5.44. The number of rotatable bonds is 7. The quantitative estimate of drug-likeness (QED) is 0.599. The lowest BCUT2D eigenvalue weighted by molar-refractivity contribution is 0.0443. The first kappa shape index (κ1) is 12.9. The summed E-state index contributed by atoms with van der Waals surface area (Å²) < 4.78 is 0. The minimum Gasteiger partial charge on any atom is -0.389 e. The predicted octanol–water partition coefficient (Wildman–Crippen LogP) is 2.32. The summed E-state index contributed by atoms with van der Waals surface area (Å²) in [4.78, 5) is 0. The van der Waals surface area contributed by atoms with Crippen LogP contribution in [-0.2, 0) is 0 Å². The van der Waals surface area contributed by atoms with Crippen LogP contribution < -0.4 is 5.32 Å². The average molecular weight is 187 g/mol. The first-order chi connectivity index (χ1) is 5.98. The third-order valence-electron chi connectivity index (χ3n) is 2.54. The van der Waals surface area contributed by atoms with Gasteiger partial charge in [-0.1, -0.05) is 26.2 Å². The molecule has 1 unspecified atom stereocenters. The van der Waals surface area contributed by atoms with E-state index in [0.29, 0.717) is 0 Å². The highest BCUT2D eigenvalue weighted by Crippen LogP contribution is 2.07. The van der Waals surface area contributed by atoms with Gasteiger partial charge in [0.15, 0.2) is 0 Å². The minimum absolute atomic E-state index is 0.175. The first-order valence-electron chi connectivity index (χ1n) is 5.44. The number of unbranched alkanes of at least 4 members (excludes halogenated alkanes) is 3. The van der Waals surface area contributed by atoms with Gasteiger partial charge in [-0.15, -0.1) is 0 Å². The molecule has 0 radical (unpaired) electrons. The summed E-state index contributed by atoms with van der Waals surface area (Å²) >= 11 is 0. The molecular formula is C11H25NO. The molecule has 0 spiro atoms. The van der Waals surface area contributed by atoms with Crippen molar-refractivity contribution < 1.29 is 5.11 Å². The van der Waals surface area contributed by atoms with E-state index in [1.807, 2.05) is 20.8 Å². The zero-order valence-electron chi connectivity index (χ0n) is 9.56. The summed E-state index contributed by atoms with van der Waals surface area (Å²) in [6.45, 7) is 8.95. The van der Waals surface area contributed by atoms with Gasteiger partial charge in [0.2, 0.25) is 0 Å². The van der Waals surface area contributed by atoms with E-state index in [2.05, 4.69) is 12.2 Å². The second-order valence-corrected chi connectivity index (χ2v) is 4.39. The summed E-state index contributed by atoms with van der Waals surface area (Å²) in [5, 5.41) is 13.0. The lowest BCUT2D eigenvalue weighted by atomic mass is 10.0. The van der Waals surface area contributed by atoms with Crippen LogP contribution in [-0.4, -0.2) is 23.3 Å². The fourth-order valence-electron chi connectivity index (χ4n) is 1.12. The normalized spacial score (nSPS) is 14.5. The van der Waals surface area contributed by atoms with E-state index in [1.54, 1.807) is 0 Å². The molecule has 0 aliphatic heterocycles. The largest absolute Gasteiger partial charge is 0.389 e. The molecule has 1 atom stereocenters. The van der Waals surface area contributed by atoms with E-state index in [4.69, 9.17) is 0 Å². The van der Waals surface area contributed by atoms with E-state index in [0.717, 1.165) is 6.54 Å². The standard InChI is InChI=1S/C11H25NO/c1-5-6-7-8-9-12-10(2)11(3,4)13/h10,12-13H,5-9H2,1-4H3. The van der Waals surface area contributed by atoms with Gasteiger partial charge >= 0.3 is 0 Å². The molecule has 0 aliphatic carbocycles. The lowest BCUT2D eigenvalue weighted by Crippen LogP contribution is -2.44. The highest BCUT2D eigenvalue weighted by atomic mass is 16.3. The second kappa shape index (κ2) is 6.39. The molecule has 0 aromatic heterocycles. The Kier molecular flexibility index (Phi) is 6.35. The van der Waals surface area contributed by atoms with Gasteiger partial charge in [-0.05, 0) is 33.7 Å². The van der Waals surface area contributed by atoms with Crippen molar-refractivity contribution in [1.29, 1.82) is 0 Å².